The molecule has 0 fully saturated rings. The van der Waals surface area contributed by atoms with Gasteiger partial charge in [0.2, 0.25) is 0 Å². The lowest BCUT2D eigenvalue weighted by atomic mass is 10.1. The number of carbonyl (C=O) groups excluding carboxylic acids is 1. The molecule has 0 saturated heterocycles. The average Bonchev–Trinajstić information content (AvgIpc) is 2.09. The molecule has 0 unspecified atom stereocenters. The van der Waals surface area contributed by atoms with E-state index in [0.29, 0.717) is 16.3 Å². The summed E-state index contributed by atoms with van der Waals surface area (Å²) >= 11 is 11.2. The maximum atomic E-state index is 10.9. The summed E-state index contributed by atoms with van der Waals surface area (Å²) in [5, 5.41) is -0.213. The maximum Gasteiger partial charge on any atom is 0.253 e. The van der Waals surface area contributed by atoms with Gasteiger partial charge in [0.25, 0.3) is 5.24 Å². The molecule has 0 spiro atoms. The van der Waals surface area contributed by atoms with E-state index in [9.17, 15) is 4.79 Å². The normalized spacial score (nSPS) is 9.85. The first-order valence-corrected chi connectivity index (χ1v) is 4.36. The molecule has 13 heavy (non-hydrogen) atoms. The summed E-state index contributed by atoms with van der Waals surface area (Å²) in [5.41, 5.74) is 1.03. The van der Waals surface area contributed by atoms with Crippen molar-refractivity contribution in [2.45, 2.75) is 6.92 Å². The number of ether oxygens (including phenoxy) is 1. The number of hydrogen-bond donors (Lipinski definition) is 0. The van der Waals surface area contributed by atoms with Crippen LogP contribution in [0.5, 0.6) is 5.75 Å². The van der Waals surface area contributed by atoms with Gasteiger partial charge in [-0.25, -0.2) is 0 Å². The van der Waals surface area contributed by atoms with Crippen LogP contribution in [0.3, 0.4) is 0 Å². The van der Waals surface area contributed by atoms with Crippen LogP contribution in [-0.4, -0.2) is 12.4 Å². The van der Waals surface area contributed by atoms with Gasteiger partial charge in [-0.15, -0.1) is 0 Å². The van der Waals surface area contributed by atoms with Crippen LogP contribution in [0.25, 0.3) is 0 Å². The highest BCUT2D eigenvalue weighted by molar-refractivity contribution is 6.68. The van der Waals surface area contributed by atoms with Gasteiger partial charge in [-0.05, 0) is 30.7 Å². The Morgan fingerprint density at radius 3 is 2.54 bits per heavy atom. The Kier molecular flexibility index (Phi) is 3.17. The maximum absolute atomic E-state index is 10.9. The predicted molar refractivity (Wildman–Crippen MR) is 52.9 cm³/mol. The third-order valence-electron chi connectivity index (χ3n) is 1.77. The quantitative estimate of drug-likeness (QED) is 0.714. The highest BCUT2D eigenvalue weighted by atomic mass is 35.5. The van der Waals surface area contributed by atoms with Crippen molar-refractivity contribution in [3.05, 3.63) is 28.3 Å². The lowest BCUT2D eigenvalue weighted by molar-refractivity contribution is 0.108. The fourth-order valence-corrected chi connectivity index (χ4v) is 1.49. The second-order valence-electron chi connectivity index (χ2n) is 2.53. The van der Waals surface area contributed by atoms with Gasteiger partial charge in [0, 0.05) is 5.56 Å². The van der Waals surface area contributed by atoms with Gasteiger partial charge in [-0.1, -0.05) is 11.6 Å². The molecule has 0 atom stereocenters. The van der Waals surface area contributed by atoms with Crippen LogP contribution in [0.4, 0.5) is 0 Å². The molecule has 0 aliphatic heterocycles. The van der Waals surface area contributed by atoms with Crippen LogP contribution in [0.2, 0.25) is 5.02 Å². The number of methoxy groups -OCH3 is 1. The van der Waals surface area contributed by atoms with Crippen molar-refractivity contribution in [2.75, 3.05) is 7.11 Å². The summed E-state index contributed by atoms with van der Waals surface area (Å²) in [4.78, 5) is 10.9. The minimum atomic E-state index is -0.559. The van der Waals surface area contributed by atoms with Gasteiger partial charge in [0.1, 0.15) is 5.75 Å². The number of carbonyl (C=O) groups is 1. The molecule has 0 aromatic heterocycles. The zero-order chi connectivity index (χ0) is 10.0. The fourth-order valence-electron chi connectivity index (χ4n) is 1.04. The lowest BCUT2D eigenvalue weighted by Crippen LogP contribution is -1.95. The summed E-state index contributed by atoms with van der Waals surface area (Å²) in [6.07, 6.45) is 0. The Labute approximate surface area is 86.4 Å². The molecule has 1 rings (SSSR count). The van der Waals surface area contributed by atoms with E-state index in [1.165, 1.54) is 0 Å². The van der Waals surface area contributed by atoms with Crippen LogP contribution in [0.1, 0.15) is 15.9 Å². The Balaban J connectivity index is 3.31. The molecule has 1 aromatic carbocycles. The number of halogens is 2. The Hall–Kier alpha value is -0.730. The second kappa shape index (κ2) is 3.99. The summed E-state index contributed by atoms with van der Waals surface area (Å²) in [6.45, 7) is 1.77. The van der Waals surface area contributed by atoms with Crippen LogP contribution >= 0.6 is 23.2 Å². The minimum absolute atomic E-state index is 0.307. The van der Waals surface area contributed by atoms with Crippen molar-refractivity contribution < 1.29 is 9.53 Å². The van der Waals surface area contributed by atoms with Crippen LogP contribution in [0, 0.1) is 6.92 Å². The molecule has 0 aliphatic rings. The van der Waals surface area contributed by atoms with Crippen LogP contribution < -0.4 is 4.74 Å². The van der Waals surface area contributed by atoms with Gasteiger partial charge in [0.15, 0.2) is 0 Å². The van der Waals surface area contributed by atoms with E-state index in [-0.39, 0.29) is 0 Å². The van der Waals surface area contributed by atoms with Crippen molar-refractivity contribution in [3.8, 4) is 5.75 Å². The van der Waals surface area contributed by atoms with Crippen molar-refractivity contribution >= 4 is 28.4 Å². The Morgan fingerprint density at radius 2 is 2.08 bits per heavy atom. The molecule has 0 N–H and O–H groups in total. The van der Waals surface area contributed by atoms with E-state index in [0.717, 1.165) is 5.56 Å². The van der Waals surface area contributed by atoms with Crippen LogP contribution in [-0.2, 0) is 0 Å². The van der Waals surface area contributed by atoms with E-state index in [1.54, 1.807) is 26.2 Å². The van der Waals surface area contributed by atoms with Crippen molar-refractivity contribution in [1.29, 1.82) is 0 Å². The van der Waals surface area contributed by atoms with Gasteiger partial charge in [-0.2, -0.15) is 0 Å². The molecular formula is C9H8Cl2O2. The second-order valence-corrected chi connectivity index (χ2v) is 3.25. The smallest absolute Gasteiger partial charge is 0.253 e. The molecule has 1 aromatic rings. The average molecular weight is 219 g/mol. The molecule has 0 radical (unpaired) electrons. The van der Waals surface area contributed by atoms with Crippen molar-refractivity contribution in [3.63, 3.8) is 0 Å². The zero-order valence-corrected chi connectivity index (χ0v) is 8.74. The van der Waals surface area contributed by atoms with E-state index in [4.69, 9.17) is 27.9 Å². The summed E-state index contributed by atoms with van der Waals surface area (Å²) in [7, 11) is 1.54. The third kappa shape index (κ3) is 1.95. The van der Waals surface area contributed by atoms with Gasteiger partial charge >= 0.3 is 0 Å². The van der Waals surface area contributed by atoms with Crippen LogP contribution in [0.15, 0.2) is 12.1 Å². The standard InChI is InChI=1S/C9H8Cl2O2/c1-5-7(13-2)4-3-6(8(5)10)9(11)12/h3-4H,1-2H3. The van der Waals surface area contributed by atoms with E-state index >= 15 is 0 Å². The van der Waals surface area contributed by atoms with Gasteiger partial charge < -0.3 is 4.74 Å². The molecular weight excluding hydrogens is 211 g/mol. The van der Waals surface area contributed by atoms with Crippen molar-refractivity contribution in [2.24, 2.45) is 0 Å². The van der Waals surface area contributed by atoms with E-state index in [2.05, 4.69) is 0 Å². The van der Waals surface area contributed by atoms with Gasteiger partial charge in [-0.3, -0.25) is 4.79 Å². The first-order chi connectivity index (χ1) is 6.07. The highest BCUT2D eigenvalue weighted by Crippen LogP contribution is 2.29. The molecule has 0 amide bonds. The molecule has 0 bridgehead atoms. The number of hydrogen-bond acceptors (Lipinski definition) is 2. The number of benzene rings is 1. The first-order valence-electron chi connectivity index (χ1n) is 3.61. The third-order valence-corrected chi connectivity index (χ3v) is 2.46. The van der Waals surface area contributed by atoms with Crippen molar-refractivity contribution in [1.82, 2.24) is 0 Å². The molecule has 70 valence electrons. The fraction of sp³-hybridized carbons (Fsp3) is 0.222. The number of rotatable bonds is 2. The summed E-state index contributed by atoms with van der Waals surface area (Å²) in [5.74, 6) is 0.645. The minimum Gasteiger partial charge on any atom is -0.496 e. The zero-order valence-electron chi connectivity index (χ0n) is 7.23. The van der Waals surface area contributed by atoms with E-state index < -0.39 is 5.24 Å². The topological polar surface area (TPSA) is 26.3 Å². The van der Waals surface area contributed by atoms with E-state index in [1.807, 2.05) is 0 Å². The molecule has 0 saturated carbocycles. The molecule has 4 heteroatoms. The Morgan fingerprint density at radius 1 is 1.46 bits per heavy atom. The largest absolute Gasteiger partial charge is 0.496 e. The Bertz CT molecular complexity index is 348. The predicted octanol–water partition coefficient (Wildman–Crippen LogP) is 3.04. The first kappa shape index (κ1) is 10.4. The SMILES string of the molecule is COc1ccc(C(=O)Cl)c(Cl)c1C. The monoisotopic (exact) mass is 218 g/mol. The molecule has 0 aliphatic carbocycles. The lowest BCUT2D eigenvalue weighted by Gasteiger charge is -2.07. The molecule has 0 heterocycles. The highest BCUT2D eigenvalue weighted by Gasteiger charge is 2.12. The van der Waals surface area contributed by atoms with Gasteiger partial charge in [0.05, 0.1) is 17.7 Å². The summed E-state index contributed by atoms with van der Waals surface area (Å²) < 4.78 is 5.02. The molecule has 2 nitrogen and oxygen atoms in total. The summed E-state index contributed by atoms with van der Waals surface area (Å²) in [6, 6.07) is 3.21.